The molecule has 0 bridgehead atoms. The third-order valence-electron chi connectivity index (χ3n) is 5.34. The molecule has 0 N–H and O–H groups in total. The normalized spacial score (nSPS) is 17.2. The van der Waals surface area contributed by atoms with E-state index in [-0.39, 0.29) is 4.90 Å². The van der Waals surface area contributed by atoms with Crippen molar-refractivity contribution in [3.05, 3.63) is 29.3 Å². The first kappa shape index (κ1) is 24.5. The zero-order valence-corrected chi connectivity index (χ0v) is 19.2. The van der Waals surface area contributed by atoms with Crippen molar-refractivity contribution in [3.63, 3.8) is 0 Å². The minimum absolute atomic E-state index is 0.255. The SMILES string of the molecule is CCCCCC(C)CCN1CCC(C)CC1.CS(=O)(=O)c1cccc(Cl)c1. The van der Waals surface area contributed by atoms with Crippen molar-refractivity contribution in [2.45, 2.75) is 70.6 Å². The van der Waals surface area contributed by atoms with Gasteiger partial charge in [-0.3, -0.25) is 0 Å². The van der Waals surface area contributed by atoms with Crippen molar-refractivity contribution in [3.8, 4) is 0 Å². The fourth-order valence-electron chi connectivity index (χ4n) is 3.27. The largest absolute Gasteiger partial charge is 0.303 e. The molecule has 27 heavy (non-hydrogen) atoms. The van der Waals surface area contributed by atoms with Gasteiger partial charge in [0.1, 0.15) is 0 Å². The summed E-state index contributed by atoms with van der Waals surface area (Å²) in [6.45, 7) is 11.2. The summed E-state index contributed by atoms with van der Waals surface area (Å²) < 4.78 is 21.9. The lowest BCUT2D eigenvalue weighted by molar-refractivity contribution is 0.181. The van der Waals surface area contributed by atoms with Gasteiger partial charge in [0.05, 0.1) is 4.90 Å². The van der Waals surface area contributed by atoms with Crippen LogP contribution in [0.5, 0.6) is 0 Å². The van der Waals surface area contributed by atoms with Crippen molar-refractivity contribution in [1.29, 1.82) is 0 Å². The standard InChI is InChI=1S/C15H31N.C7H7ClO2S/c1-4-5-6-7-14(2)8-11-16-12-9-15(3)10-13-16;1-11(9,10)7-4-2-3-6(8)5-7/h14-15H,4-13H2,1-3H3;2-5H,1H3. The number of piperidine rings is 1. The van der Waals surface area contributed by atoms with Crippen LogP contribution in [0.1, 0.15) is 65.7 Å². The second-order valence-electron chi connectivity index (χ2n) is 8.14. The van der Waals surface area contributed by atoms with Gasteiger partial charge >= 0.3 is 0 Å². The molecule has 0 spiro atoms. The maximum Gasteiger partial charge on any atom is 0.175 e. The Labute approximate surface area is 172 Å². The molecule has 5 heteroatoms. The molecule has 1 fully saturated rings. The molecule has 1 aliphatic heterocycles. The number of halogens is 1. The van der Waals surface area contributed by atoms with Crippen molar-refractivity contribution in [1.82, 2.24) is 4.90 Å². The van der Waals surface area contributed by atoms with Crippen LogP contribution in [-0.4, -0.2) is 39.2 Å². The summed E-state index contributed by atoms with van der Waals surface area (Å²) in [4.78, 5) is 2.93. The zero-order valence-electron chi connectivity index (χ0n) is 17.6. The molecular weight excluding hydrogens is 378 g/mol. The number of hydrogen-bond donors (Lipinski definition) is 0. The predicted octanol–water partition coefficient (Wildman–Crippen LogP) is 6.07. The molecule has 0 aromatic heterocycles. The second kappa shape index (κ2) is 12.8. The molecule has 0 aliphatic carbocycles. The Morgan fingerprint density at radius 3 is 2.37 bits per heavy atom. The fraction of sp³-hybridized carbons (Fsp3) is 0.727. The smallest absolute Gasteiger partial charge is 0.175 e. The maximum absolute atomic E-state index is 10.9. The second-order valence-corrected chi connectivity index (χ2v) is 10.6. The van der Waals surface area contributed by atoms with Crippen LogP contribution in [0.15, 0.2) is 29.2 Å². The molecule has 1 saturated heterocycles. The molecule has 1 aromatic rings. The highest BCUT2D eigenvalue weighted by atomic mass is 35.5. The molecule has 0 radical (unpaired) electrons. The van der Waals surface area contributed by atoms with E-state index in [1.165, 1.54) is 76.7 Å². The number of benzene rings is 1. The van der Waals surface area contributed by atoms with Gasteiger partial charge in [-0.2, -0.15) is 0 Å². The summed E-state index contributed by atoms with van der Waals surface area (Å²) in [5.41, 5.74) is 0. The third-order valence-corrected chi connectivity index (χ3v) is 6.68. The highest BCUT2D eigenvalue weighted by molar-refractivity contribution is 7.90. The van der Waals surface area contributed by atoms with Gasteiger partial charge in [-0.05, 0) is 68.9 Å². The number of rotatable bonds is 8. The van der Waals surface area contributed by atoms with Crippen LogP contribution in [0.2, 0.25) is 5.02 Å². The zero-order chi connectivity index (χ0) is 20.3. The Morgan fingerprint density at radius 1 is 1.19 bits per heavy atom. The van der Waals surface area contributed by atoms with E-state index in [0.29, 0.717) is 5.02 Å². The van der Waals surface area contributed by atoms with E-state index in [1.807, 2.05) is 0 Å². The molecule has 1 aliphatic rings. The number of unbranched alkanes of at least 4 members (excludes halogenated alkanes) is 2. The van der Waals surface area contributed by atoms with E-state index in [1.54, 1.807) is 12.1 Å². The summed E-state index contributed by atoms with van der Waals surface area (Å²) in [5, 5.41) is 0.438. The summed E-state index contributed by atoms with van der Waals surface area (Å²) >= 11 is 5.59. The average Bonchev–Trinajstić information content (AvgIpc) is 2.61. The molecule has 0 saturated carbocycles. The van der Waals surface area contributed by atoms with E-state index in [2.05, 4.69) is 25.7 Å². The van der Waals surface area contributed by atoms with Crippen molar-refractivity contribution < 1.29 is 8.42 Å². The first-order valence-corrected chi connectivity index (χ1v) is 12.7. The Bertz CT molecular complexity index is 625. The van der Waals surface area contributed by atoms with Crippen LogP contribution in [-0.2, 0) is 9.84 Å². The monoisotopic (exact) mass is 415 g/mol. The van der Waals surface area contributed by atoms with E-state index >= 15 is 0 Å². The first-order chi connectivity index (χ1) is 12.7. The topological polar surface area (TPSA) is 37.4 Å². The highest BCUT2D eigenvalue weighted by Gasteiger charge is 2.15. The van der Waals surface area contributed by atoms with Gasteiger partial charge < -0.3 is 4.90 Å². The summed E-state index contributed by atoms with van der Waals surface area (Å²) in [5.74, 6) is 1.91. The lowest BCUT2D eigenvalue weighted by Gasteiger charge is -2.30. The van der Waals surface area contributed by atoms with Crippen molar-refractivity contribution in [2.75, 3.05) is 25.9 Å². The van der Waals surface area contributed by atoms with Crippen LogP contribution in [0, 0.1) is 11.8 Å². The van der Waals surface area contributed by atoms with E-state index < -0.39 is 9.84 Å². The van der Waals surface area contributed by atoms with Gasteiger partial charge in [0.15, 0.2) is 9.84 Å². The molecule has 3 nitrogen and oxygen atoms in total. The van der Waals surface area contributed by atoms with E-state index in [4.69, 9.17) is 11.6 Å². The molecular formula is C22H38ClNO2S. The summed E-state index contributed by atoms with van der Waals surface area (Å²) in [7, 11) is -3.11. The Kier molecular flexibility index (Phi) is 11.6. The first-order valence-electron chi connectivity index (χ1n) is 10.4. The van der Waals surface area contributed by atoms with Crippen LogP contribution in [0.3, 0.4) is 0 Å². The lowest BCUT2D eigenvalue weighted by atomic mass is 9.97. The summed E-state index contributed by atoms with van der Waals surface area (Å²) in [6, 6.07) is 6.19. The average molecular weight is 416 g/mol. The predicted molar refractivity (Wildman–Crippen MR) is 117 cm³/mol. The van der Waals surface area contributed by atoms with Crippen LogP contribution in [0.25, 0.3) is 0 Å². The number of hydrogen-bond acceptors (Lipinski definition) is 3. The van der Waals surface area contributed by atoms with Gasteiger partial charge in [-0.25, -0.2) is 8.42 Å². The van der Waals surface area contributed by atoms with Gasteiger partial charge in [0, 0.05) is 11.3 Å². The van der Waals surface area contributed by atoms with E-state index in [0.717, 1.165) is 18.1 Å². The van der Waals surface area contributed by atoms with E-state index in [9.17, 15) is 8.42 Å². The van der Waals surface area contributed by atoms with Crippen molar-refractivity contribution >= 4 is 21.4 Å². The fourth-order valence-corrected chi connectivity index (χ4v) is 4.20. The molecule has 1 heterocycles. The Morgan fingerprint density at radius 2 is 1.85 bits per heavy atom. The summed E-state index contributed by atoms with van der Waals surface area (Å²) in [6.07, 6.45) is 11.1. The molecule has 2 rings (SSSR count). The number of likely N-dealkylation sites (tertiary alicyclic amines) is 1. The van der Waals surface area contributed by atoms with Crippen LogP contribution >= 0.6 is 11.6 Å². The molecule has 0 amide bonds. The molecule has 1 atom stereocenters. The number of sulfone groups is 1. The number of nitrogens with zero attached hydrogens (tertiary/aromatic N) is 1. The van der Waals surface area contributed by atoms with Crippen LogP contribution in [0.4, 0.5) is 0 Å². The Hall–Kier alpha value is -0.580. The lowest BCUT2D eigenvalue weighted by Crippen LogP contribution is -2.34. The molecule has 1 aromatic carbocycles. The maximum atomic E-state index is 10.9. The molecule has 1 unspecified atom stereocenters. The van der Waals surface area contributed by atoms with Gasteiger partial charge in [-0.15, -0.1) is 0 Å². The quantitative estimate of drug-likeness (QED) is 0.483. The van der Waals surface area contributed by atoms with Gasteiger partial charge in [0.2, 0.25) is 0 Å². The highest BCUT2D eigenvalue weighted by Crippen LogP contribution is 2.19. The van der Waals surface area contributed by atoms with Gasteiger partial charge in [-0.1, -0.05) is 64.1 Å². The van der Waals surface area contributed by atoms with Gasteiger partial charge in [0.25, 0.3) is 0 Å². The minimum Gasteiger partial charge on any atom is -0.303 e. The Balaban J connectivity index is 0.000000289. The third kappa shape index (κ3) is 11.1. The molecule has 156 valence electrons. The minimum atomic E-state index is -3.11. The van der Waals surface area contributed by atoms with Crippen LogP contribution < -0.4 is 0 Å². The van der Waals surface area contributed by atoms with Crippen molar-refractivity contribution in [2.24, 2.45) is 11.8 Å².